The average Bonchev–Trinajstić information content (AvgIpc) is 2.25. The molecule has 0 aliphatic rings. The Hall–Kier alpha value is -0.890. The number of nitrogens with zero attached hydrogens (tertiary/aromatic N) is 1. The molecule has 0 spiro atoms. The van der Waals surface area contributed by atoms with Crippen LogP contribution in [0.15, 0.2) is 18.3 Å². The fraction of sp³-hybridized carbons (Fsp3) is 0.643. The van der Waals surface area contributed by atoms with E-state index in [0.29, 0.717) is 6.04 Å². The maximum atomic E-state index is 4.29. The Balaban J connectivity index is 2.26. The van der Waals surface area contributed by atoms with Gasteiger partial charge in [-0.3, -0.25) is 4.98 Å². The molecule has 1 rings (SSSR count). The summed E-state index contributed by atoms with van der Waals surface area (Å²) < 4.78 is 0. The van der Waals surface area contributed by atoms with Crippen LogP contribution < -0.4 is 5.32 Å². The first kappa shape index (κ1) is 13.2. The van der Waals surface area contributed by atoms with Gasteiger partial charge in [0, 0.05) is 24.5 Å². The zero-order valence-electron chi connectivity index (χ0n) is 11.0. The van der Waals surface area contributed by atoms with Gasteiger partial charge in [0.15, 0.2) is 0 Å². The molecule has 0 saturated heterocycles. The molecule has 1 aromatic heterocycles. The lowest BCUT2D eigenvalue weighted by Crippen LogP contribution is -2.25. The highest BCUT2D eigenvalue weighted by Crippen LogP contribution is 2.07. The van der Waals surface area contributed by atoms with Crippen molar-refractivity contribution in [2.24, 2.45) is 5.92 Å². The van der Waals surface area contributed by atoms with Gasteiger partial charge in [-0.05, 0) is 44.2 Å². The van der Waals surface area contributed by atoms with Crippen molar-refractivity contribution < 1.29 is 0 Å². The molecule has 0 aliphatic carbocycles. The minimum absolute atomic E-state index is 0.587. The summed E-state index contributed by atoms with van der Waals surface area (Å²) >= 11 is 0. The molecule has 1 aromatic rings. The number of hydrogen-bond acceptors (Lipinski definition) is 2. The summed E-state index contributed by atoms with van der Waals surface area (Å²) in [4.78, 5) is 4.29. The van der Waals surface area contributed by atoms with Crippen LogP contribution in [0.25, 0.3) is 0 Å². The highest BCUT2D eigenvalue weighted by Gasteiger charge is 2.03. The Morgan fingerprint density at radius 3 is 2.50 bits per heavy atom. The van der Waals surface area contributed by atoms with Crippen LogP contribution >= 0.6 is 0 Å². The van der Waals surface area contributed by atoms with Crippen LogP contribution in [-0.2, 0) is 6.54 Å². The van der Waals surface area contributed by atoms with Crippen molar-refractivity contribution in [3.05, 3.63) is 29.6 Å². The molecule has 1 atom stereocenters. The molecule has 0 fully saturated rings. The summed E-state index contributed by atoms with van der Waals surface area (Å²) in [7, 11) is 0. The zero-order chi connectivity index (χ0) is 12.0. The second-order valence-corrected chi connectivity index (χ2v) is 5.06. The fourth-order valence-electron chi connectivity index (χ4n) is 1.58. The summed E-state index contributed by atoms with van der Waals surface area (Å²) in [5.74, 6) is 0.797. The van der Waals surface area contributed by atoms with Crippen molar-refractivity contribution in [2.75, 3.05) is 0 Å². The predicted molar refractivity (Wildman–Crippen MR) is 69.3 cm³/mol. The number of hydrogen-bond donors (Lipinski definition) is 1. The van der Waals surface area contributed by atoms with E-state index in [1.807, 2.05) is 13.1 Å². The van der Waals surface area contributed by atoms with Crippen LogP contribution in [0.5, 0.6) is 0 Å². The summed E-state index contributed by atoms with van der Waals surface area (Å²) in [5.41, 5.74) is 2.35. The Bertz CT molecular complexity index is 290. The Kier molecular flexibility index (Phi) is 5.47. The van der Waals surface area contributed by atoms with E-state index in [1.54, 1.807) is 0 Å². The molecule has 1 heterocycles. The highest BCUT2D eigenvalue weighted by molar-refractivity contribution is 5.12. The van der Waals surface area contributed by atoms with E-state index in [1.165, 1.54) is 18.4 Å². The number of nitrogens with one attached hydrogen (secondary N) is 1. The quantitative estimate of drug-likeness (QED) is 0.795. The van der Waals surface area contributed by atoms with Crippen molar-refractivity contribution in [3.63, 3.8) is 0 Å². The van der Waals surface area contributed by atoms with E-state index < -0.39 is 0 Å². The second-order valence-electron chi connectivity index (χ2n) is 5.06. The van der Waals surface area contributed by atoms with Gasteiger partial charge < -0.3 is 5.32 Å². The van der Waals surface area contributed by atoms with Gasteiger partial charge in [0.25, 0.3) is 0 Å². The Morgan fingerprint density at radius 2 is 1.94 bits per heavy atom. The van der Waals surface area contributed by atoms with Crippen molar-refractivity contribution >= 4 is 0 Å². The van der Waals surface area contributed by atoms with Crippen LogP contribution in [-0.4, -0.2) is 11.0 Å². The van der Waals surface area contributed by atoms with Crippen molar-refractivity contribution in [1.29, 1.82) is 0 Å². The monoisotopic (exact) mass is 220 g/mol. The molecule has 0 amide bonds. The van der Waals surface area contributed by atoms with Gasteiger partial charge in [0.1, 0.15) is 0 Å². The molecular formula is C14H24N2. The lowest BCUT2D eigenvalue weighted by Gasteiger charge is -2.14. The first-order chi connectivity index (χ1) is 7.58. The summed E-state index contributed by atoms with van der Waals surface area (Å²) in [6.07, 6.45) is 4.49. The summed E-state index contributed by atoms with van der Waals surface area (Å²) in [6, 6.07) is 4.80. The summed E-state index contributed by atoms with van der Waals surface area (Å²) in [6.45, 7) is 9.74. The van der Waals surface area contributed by atoms with Crippen LogP contribution in [0, 0.1) is 12.8 Å². The molecule has 0 aliphatic heterocycles. The average molecular weight is 220 g/mol. The largest absolute Gasteiger partial charge is 0.310 e. The lowest BCUT2D eigenvalue weighted by molar-refractivity contribution is 0.450. The van der Waals surface area contributed by atoms with Crippen molar-refractivity contribution in [1.82, 2.24) is 10.3 Å². The number of pyridine rings is 1. The molecule has 16 heavy (non-hydrogen) atoms. The molecule has 2 nitrogen and oxygen atoms in total. The third kappa shape index (κ3) is 5.26. The predicted octanol–water partition coefficient (Wildman–Crippen LogP) is 3.30. The zero-order valence-corrected chi connectivity index (χ0v) is 11.0. The SMILES string of the molecule is Cc1ccc(CNC(C)CCC(C)C)cn1. The molecule has 0 aromatic carbocycles. The van der Waals surface area contributed by atoms with Crippen LogP contribution in [0.1, 0.15) is 44.9 Å². The first-order valence-electron chi connectivity index (χ1n) is 6.23. The van der Waals surface area contributed by atoms with Gasteiger partial charge in [-0.25, -0.2) is 0 Å². The van der Waals surface area contributed by atoms with Crippen molar-refractivity contribution in [2.45, 2.75) is 53.1 Å². The van der Waals surface area contributed by atoms with Crippen molar-refractivity contribution in [3.8, 4) is 0 Å². The molecule has 0 saturated carbocycles. The maximum Gasteiger partial charge on any atom is 0.0372 e. The number of rotatable bonds is 6. The molecule has 90 valence electrons. The number of aromatic nitrogens is 1. The maximum absolute atomic E-state index is 4.29. The smallest absolute Gasteiger partial charge is 0.0372 e. The normalized spacial score (nSPS) is 13.1. The van der Waals surface area contributed by atoms with Gasteiger partial charge >= 0.3 is 0 Å². The van der Waals surface area contributed by atoms with Crippen LogP contribution in [0.2, 0.25) is 0 Å². The topological polar surface area (TPSA) is 24.9 Å². The van der Waals surface area contributed by atoms with E-state index >= 15 is 0 Å². The van der Waals surface area contributed by atoms with Crippen LogP contribution in [0.3, 0.4) is 0 Å². The lowest BCUT2D eigenvalue weighted by atomic mass is 10.0. The summed E-state index contributed by atoms with van der Waals surface area (Å²) in [5, 5.41) is 3.53. The highest BCUT2D eigenvalue weighted by atomic mass is 14.9. The Labute approximate surface area is 99.5 Å². The fourth-order valence-corrected chi connectivity index (χ4v) is 1.58. The molecule has 2 heteroatoms. The molecule has 1 N–H and O–H groups in total. The minimum atomic E-state index is 0.587. The Morgan fingerprint density at radius 1 is 1.19 bits per heavy atom. The third-order valence-corrected chi connectivity index (χ3v) is 2.80. The third-order valence-electron chi connectivity index (χ3n) is 2.80. The van der Waals surface area contributed by atoms with Gasteiger partial charge in [0.2, 0.25) is 0 Å². The molecule has 0 bridgehead atoms. The minimum Gasteiger partial charge on any atom is -0.310 e. The van der Waals surface area contributed by atoms with Gasteiger partial charge in [-0.1, -0.05) is 19.9 Å². The van der Waals surface area contributed by atoms with E-state index in [4.69, 9.17) is 0 Å². The van der Waals surface area contributed by atoms with Gasteiger partial charge in [0.05, 0.1) is 0 Å². The number of aryl methyl sites for hydroxylation is 1. The van der Waals surface area contributed by atoms with Gasteiger partial charge in [-0.2, -0.15) is 0 Å². The van der Waals surface area contributed by atoms with E-state index in [0.717, 1.165) is 18.2 Å². The molecule has 0 radical (unpaired) electrons. The molecular weight excluding hydrogens is 196 g/mol. The first-order valence-corrected chi connectivity index (χ1v) is 6.23. The second kappa shape index (κ2) is 6.64. The standard InChI is InChI=1S/C14H24N2/c1-11(2)5-6-12(3)15-9-14-8-7-13(4)16-10-14/h7-8,10-12,15H,5-6,9H2,1-4H3. The molecule has 1 unspecified atom stereocenters. The van der Waals surface area contributed by atoms with Gasteiger partial charge in [-0.15, -0.1) is 0 Å². The van der Waals surface area contributed by atoms with Crippen LogP contribution in [0.4, 0.5) is 0 Å². The van der Waals surface area contributed by atoms with E-state index in [2.05, 4.69) is 43.2 Å². The van der Waals surface area contributed by atoms with E-state index in [9.17, 15) is 0 Å². The van der Waals surface area contributed by atoms with E-state index in [-0.39, 0.29) is 0 Å².